The Balaban J connectivity index is 2.04. The second kappa shape index (κ2) is 6.49. The minimum Gasteiger partial charge on any atom is -0.345 e. The summed E-state index contributed by atoms with van der Waals surface area (Å²) in [6, 6.07) is 12.9. The quantitative estimate of drug-likeness (QED) is 0.854. The molecule has 1 aromatic heterocycles. The van der Waals surface area contributed by atoms with E-state index in [9.17, 15) is 13.6 Å². The Morgan fingerprint density at radius 3 is 2.57 bits per heavy atom. The van der Waals surface area contributed by atoms with Crippen molar-refractivity contribution in [2.45, 2.75) is 12.5 Å². The third-order valence-electron chi connectivity index (χ3n) is 3.06. The van der Waals surface area contributed by atoms with E-state index in [0.29, 0.717) is 12.2 Å². The fourth-order valence-corrected chi connectivity index (χ4v) is 1.91. The minimum atomic E-state index is -3.09. The van der Waals surface area contributed by atoms with Gasteiger partial charge in [-0.15, -0.1) is 0 Å². The van der Waals surface area contributed by atoms with Crippen LogP contribution in [0, 0.1) is 0 Å². The molecule has 0 aliphatic rings. The second-order valence-corrected chi connectivity index (χ2v) is 4.75. The minimum absolute atomic E-state index is 0.340. The van der Waals surface area contributed by atoms with Gasteiger partial charge in [0.25, 0.3) is 11.8 Å². The molecule has 1 aromatic carbocycles. The first kappa shape index (κ1) is 15.2. The summed E-state index contributed by atoms with van der Waals surface area (Å²) in [5.74, 6) is -3.63. The monoisotopic (exact) mass is 293 g/mol. The Morgan fingerprint density at radius 1 is 1.19 bits per heavy atom. The molecule has 0 aliphatic carbocycles. The number of rotatable bonds is 6. The average molecular weight is 293 g/mol. The van der Waals surface area contributed by atoms with Gasteiger partial charge in [-0.25, -0.2) is 8.78 Å². The van der Waals surface area contributed by atoms with E-state index >= 15 is 0 Å². The van der Waals surface area contributed by atoms with Crippen molar-refractivity contribution < 1.29 is 13.6 Å². The van der Waals surface area contributed by atoms with Gasteiger partial charge in [0.2, 0.25) is 0 Å². The van der Waals surface area contributed by atoms with Crippen LogP contribution in [-0.4, -0.2) is 29.5 Å². The van der Waals surface area contributed by atoms with E-state index in [4.69, 9.17) is 5.73 Å². The Bertz CT molecular complexity index is 596. The number of hydrogen-bond acceptors (Lipinski definition) is 2. The molecule has 2 aromatic rings. The highest BCUT2D eigenvalue weighted by atomic mass is 19.3. The molecule has 0 bridgehead atoms. The summed E-state index contributed by atoms with van der Waals surface area (Å²) in [5, 5.41) is 2.21. The molecule has 1 amide bonds. The third-order valence-corrected chi connectivity index (χ3v) is 3.06. The van der Waals surface area contributed by atoms with Gasteiger partial charge in [0.15, 0.2) is 0 Å². The average Bonchev–Trinajstić information content (AvgIpc) is 2.94. The highest BCUT2D eigenvalue weighted by Gasteiger charge is 2.27. The number of nitrogens with two attached hydrogens (primary N) is 1. The van der Waals surface area contributed by atoms with Crippen LogP contribution in [0.3, 0.4) is 0 Å². The van der Waals surface area contributed by atoms with E-state index < -0.39 is 24.9 Å². The van der Waals surface area contributed by atoms with Crippen LogP contribution in [0.4, 0.5) is 8.78 Å². The number of alkyl halides is 2. The number of carbonyl (C=O) groups excluding carboxylic acids is 1. The van der Waals surface area contributed by atoms with Gasteiger partial charge in [0.05, 0.1) is 13.1 Å². The van der Waals surface area contributed by atoms with Crippen molar-refractivity contribution in [1.29, 1.82) is 0 Å². The van der Waals surface area contributed by atoms with Gasteiger partial charge in [-0.1, -0.05) is 30.3 Å². The smallest absolute Gasteiger partial charge is 0.277 e. The summed E-state index contributed by atoms with van der Waals surface area (Å²) in [4.78, 5) is 12.0. The molecular weight excluding hydrogens is 276 g/mol. The molecular formula is C15H17F2N3O. The van der Waals surface area contributed by atoms with Crippen LogP contribution in [0.5, 0.6) is 0 Å². The molecule has 0 spiro atoms. The fraction of sp³-hybridized carbons (Fsp3) is 0.267. The van der Waals surface area contributed by atoms with Crippen LogP contribution in [0.15, 0.2) is 48.7 Å². The normalized spacial score (nSPS) is 11.4. The molecule has 0 unspecified atom stereocenters. The maximum absolute atomic E-state index is 13.1. The second-order valence-electron chi connectivity index (χ2n) is 4.75. The lowest BCUT2D eigenvalue weighted by atomic mass is 10.2. The van der Waals surface area contributed by atoms with Gasteiger partial charge in [-0.2, -0.15) is 0 Å². The van der Waals surface area contributed by atoms with Gasteiger partial charge in [0, 0.05) is 12.7 Å². The Hall–Kier alpha value is -2.21. The molecule has 0 saturated heterocycles. The number of carbonyl (C=O) groups is 1. The molecule has 0 atom stereocenters. The zero-order chi connectivity index (χ0) is 15.3. The van der Waals surface area contributed by atoms with Gasteiger partial charge in [0.1, 0.15) is 5.69 Å². The first-order chi connectivity index (χ1) is 10.0. The zero-order valence-electron chi connectivity index (χ0n) is 11.4. The van der Waals surface area contributed by atoms with E-state index in [1.54, 1.807) is 22.9 Å². The van der Waals surface area contributed by atoms with Crippen molar-refractivity contribution in [3.63, 3.8) is 0 Å². The molecule has 0 saturated carbocycles. The standard InChI is InChI=1S/C15H17F2N3O/c16-15(17,10-18)11-19-14(21)13-7-4-8-20(13)9-12-5-2-1-3-6-12/h1-8H,9-11,18H2,(H,19,21). The lowest BCUT2D eigenvalue weighted by Crippen LogP contribution is -2.42. The van der Waals surface area contributed by atoms with Gasteiger partial charge >= 0.3 is 0 Å². The molecule has 0 fully saturated rings. The van der Waals surface area contributed by atoms with Crippen molar-refractivity contribution in [1.82, 2.24) is 9.88 Å². The SMILES string of the molecule is NCC(F)(F)CNC(=O)c1cccn1Cc1ccccc1. The summed E-state index contributed by atoms with van der Waals surface area (Å²) in [6.07, 6.45) is 1.74. The van der Waals surface area contributed by atoms with Crippen molar-refractivity contribution in [3.8, 4) is 0 Å². The Morgan fingerprint density at radius 2 is 1.90 bits per heavy atom. The number of nitrogens with zero attached hydrogens (tertiary/aromatic N) is 1. The molecule has 21 heavy (non-hydrogen) atoms. The predicted molar refractivity (Wildman–Crippen MR) is 76.3 cm³/mol. The lowest BCUT2D eigenvalue weighted by Gasteiger charge is -2.15. The van der Waals surface area contributed by atoms with Crippen molar-refractivity contribution in [2.24, 2.45) is 5.73 Å². The number of nitrogens with one attached hydrogen (secondary N) is 1. The Kier molecular flexibility index (Phi) is 4.70. The van der Waals surface area contributed by atoms with Crippen molar-refractivity contribution >= 4 is 5.91 Å². The molecule has 0 radical (unpaired) electrons. The van der Waals surface area contributed by atoms with Crippen molar-refractivity contribution in [2.75, 3.05) is 13.1 Å². The summed E-state index contributed by atoms with van der Waals surface area (Å²) < 4.78 is 27.8. The van der Waals surface area contributed by atoms with Crippen LogP contribution in [-0.2, 0) is 6.54 Å². The van der Waals surface area contributed by atoms with E-state index in [0.717, 1.165) is 5.56 Å². The summed E-state index contributed by atoms with van der Waals surface area (Å²) in [7, 11) is 0. The maximum Gasteiger partial charge on any atom is 0.277 e. The largest absolute Gasteiger partial charge is 0.345 e. The van der Waals surface area contributed by atoms with Crippen LogP contribution in [0.2, 0.25) is 0 Å². The third kappa shape index (κ3) is 4.13. The highest BCUT2D eigenvalue weighted by molar-refractivity contribution is 5.92. The molecule has 112 valence electrons. The molecule has 0 aliphatic heterocycles. The summed E-state index contributed by atoms with van der Waals surface area (Å²) in [5.41, 5.74) is 6.30. The van der Waals surface area contributed by atoms with Gasteiger partial charge in [-0.05, 0) is 17.7 Å². The number of halogens is 2. The number of benzene rings is 1. The Labute approximate surface area is 121 Å². The topological polar surface area (TPSA) is 60.0 Å². The fourth-order valence-electron chi connectivity index (χ4n) is 1.91. The number of hydrogen-bond donors (Lipinski definition) is 2. The lowest BCUT2D eigenvalue weighted by molar-refractivity contribution is 0.0117. The first-order valence-corrected chi connectivity index (χ1v) is 6.57. The van der Waals surface area contributed by atoms with Crippen molar-refractivity contribution in [3.05, 3.63) is 59.9 Å². The van der Waals surface area contributed by atoms with Crippen LogP contribution < -0.4 is 11.1 Å². The van der Waals surface area contributed by atoms with E-state index in [1.165, 1.54) is 0 Å². The molecule has 3 N–H and O–H groups in total. The summed E-state index contributed by atoms with van der Waals surface area (Å²) >= 11 is 0. The van der Waals surface area contributed by atoms with E-state index in [1.807, 2.05) is 30.3 Å². The predicted octanol–water partition coefficient (Wildman–Crippen LogP) is 1.86. The number of aromatic nitrogens is 1. The van der Waals surface area contributed by atoms with E-state index in [-0.39, 0.29) is 0 Å². The van der Waals surface area contributed by atoms with Crippen LogP contribution in [0.1, 0.15) is 16.1 Å². The highest BCUT2D eigenvalue weighted by Crippen LogP contribution is 2.11. The molecule has 4 nitrogen and oxygen atoms in total. The zero-order valence-corrected chi connectivity index (χ0v) is 11.4. The molecule has 2 rings (SSSR count). The van der Waals surface area contributed by atoms with E-state index in [2.05, 4.69) is 5.32 Å². The molecule has 1 heterocycles. The number of amides is 1. The van der Waals surface area contributed by atoms with Crippen LogP contribution in [0.25, 0.3) is 0 Å². The maximum atomic E-state index is 13.1. The van der Waals surface area contributed by atoms with Crippen LogP contribution >= 0.6 is 0 Å². The van der Waals surface area contributed by atoms with Gasteiger partial charge < -0.3 is 15.6 Å². The van der Waals surface area contributed by atoms with Gasteiger partial charge in [-0.3, -0.25) is 4.79 Å². The summed E-state index contributed by atoms with van der Waals surface area (Å²) in [6.45, 7) is -1.05. The molecule has 6 heteroatoms. The first-order valence-electron chi connectivity index (χ1n) is 6.57.